The van der Waals surface area contributed by atoms with Crippen LogP contribution in [0.15, 0.2) is 60.7 Å². The van der Waals surface area contributed by atoms with Crippen molar-refractivity contribution >= 4 is 35.8 Å². The summed E-state index contributed by atoms with van der Waals surface area (Å²) in [5.74, 6) is -0.582. The Kier molecular flexibility index (Phi) is 12.9. The zero-order valence-electron chi connectivity index (χ0n) is 28.6. The molecule has 3 amide bonds. The second-order valence-electron chi connectivity index (χ2n) is 13.4. The van der Waals surface area contributed by atoms with Gasteiger partial charge in [0.2, 0.25) is 17.6 Å². The third-order valence-electron chi connectivity index (χ3n) is 9.87. The molecular formula is C37H45ClFN9O3. The van der Waals surface area contributed by atoms with E-state index in [2.05, 4.69) is 41.9 Å². The number of H-pyrrole nitrogens is 1. The molecule has 0 unspecified atom stereocenters. The van der Waals surface area contributed by atoms with Crippen LogP contribution in [-0.4, -0.2) is 70.1 Å². The molecular weight excluding hydrogens is 673 g/mol. The summed E-state index contributed by atoms with van der Waals surface area (Å²) in [6, 6.07) is 16.3. The molecule has 12 nitrogen and oxygen atoms in total. The summed E-state index contributed by atoms with van der Waals surface area (Å²) in [4.78, 5) is 40.0. The van der Waals surface area contributed by atoms with Crippen molar-refractivity contribution in [3.8, 4) is 22.5 Å². The monoisotopic (exact) mass is 717 g/mol. The predicted octanol–water partition coefficient (Wildman–Crippen LogP) is 4.32. The molecule has 6 rings (SSSR count). The number of carbonyl (C=O) groups excluding carboxylic acids is 3. The third-order valence-corrected chi connectivity index (χ3v) is 9.87. The molecule has 2 aliphatic rings. The van der Waals surface area contributed by atoms with Crippen LogP contribution < -0.4 is 27.0 Å². The highest BCUT2D eigenvalue weighted by Crippen LogP contribution is 2.30. The number of aromatic nitrogens is 4. The van der Waals surface area contributed by atoms with E-state index in [-0.39, 0.29) is 42.6 Å². The highest BCUT2D eigenvalue weighted by atomic mass is 35.5. The highest BCUT2D eigenvalue weighted by Gasteiger charge is 2.30. The fraction of sp³-hybridized carbons (Fsp3) is 0.405. The number of piperidine rings is 1. The minimum Gasteiger partial charge on any atom is -0.349 e. The lowest BCUT2D eigenvalue weighted by atomic mass is 9.81. The van der Waals surface area contributed by atoms with Gasteiger partial charge >= 0.3 is 0 Å². The van der Waals surface area contributed by atoms with E-state index in [4.69, 9.17) is 5.73 Å². The van der Waals surface area contributed by atoms with Crippen molar-refractivity contribution in [1.29, 1.82) is 0 Å². The molecule has 2 fully saturated rings. The predicted molar refractivity (Wildman–Crippen MR) is 196 cm³/mol. The van der Waals surface area contributed by atoms with Crippen molar-refractivity contribution in [3.05, 3.63) is 83.2 Å². The SMILES string of the molecule is Cc1cc(C(=O)NC2CCNCC2)ccc1-c1ccc(C[C@H](NC(=O)[C@H]2CC[C@H](CN)CC2)C(=O)Nc2ccc(-c3nn[nH]n3)cc2)cc1F.Cl. The molecule has 0 spiro atoms. The number of nitrogens with zero attached hydrogens (tertiary/aromatic N) is 3. The first-order valence-corrected chi connectivity index (χ1v) is 17.3. The molecule has 0 bridgehead atoms. The van der Waals surface area contributed by atoms with Crippen molar-refractivity contribution in [2.24, 2.45) is 17.6 Å². The Morgan fingerprint density at radius 1 is 0.941 bits per heavy atom. The first-order chi connectivity index (χ1) is 24.3. The number of aromatic amines is 1. The van der Waals surface area contributed by atoms with Crippen LogP contribution in [0.25, 0.3) is 22.5 Å². The molecule has 1 atom stereocenters. The molecule has 1 saturated carbocycles. The fourth-order valence-corrected chi connectivity index (χ4v) is 6.86. The average molecular weight is 718 g/mol. The van der Waals surface area contributed by atoms with Gasteiger partial charge in [-0.2, -0.15) is 5.21 Å². The molecule has 1 aliphatic heterocycles. The standard InChI is InChI=1S/C37H44FN9O3.ClH/c1-22-18-27(36(49)41-29-14-16-40-17-15-29)9-13-30(22)31-12-4-24(19-32(31)38)20-33(43-35(48)26-5-2-23(21-39)3-6-26)37(50)42-28-10-7-25(8-11-28)34-44-46-47-45-34;/h4,7-13,18-19,23,26,29,33,40H,2-3,5-6,14-17,20-21,39H2,1H3,(H,41,49)(H,42,50)(H,43,48)(H,44,45,46,47);1H/t23-,26-,33-;/m0./s1. The minimum absolute atomic E-state index is 0. The smallest absolute Gasteiger partial charge is 0.251 e. The van der Waals surface area contributed by atoms with Crippen LogP contribution in [0.2, 0.25) is 0 Å². The van der Waals surface area contributed by atoms with Gasteiger partial charge in [0.25, 0.3) is 5.91 Å². The topological polar surface area (TPSA) is 180 Å². The maximum Gasteiger partial charge on any atom is 0.251 e. The lowest BCUT2D eigenvalue weighted by Gasteiger charge is -2.28. The lowest BCUT2D eigenvalue weighted by molar-refractivity contribution is -0.130. The van der Waals surface area contributed by atoms with Gasteiger partial charge in [-0.3, -0.25) is 14.4 Å². The van der Waals surface area contributed by atoms with Crippen LogP contribution in [0.5, 0.6) is 0 Å². The van der Waals surface area contributed by atoms with E-state index in [0.29, 0.717) is 59.1 Å². The van der Waals surface area contributed by atoms with Gasteiger partial charge in [-0.15, -0.1) is 22.6 Å². The van der Waals surface area contributed by atoms with Crippen LogP contribution in [0.3, 0.4) is 0 Å². The van der Waals surface area contributed by atoms with E-state index >= 15 is 4.39 Å². The van der Waals surface area contributed by atoms with Crippen molar-refractivity contribution < 1.29 is 18.8 Å². The molecule has 1 aliphatic carbocycles. The van der Waals surface area contributed by atoms with Gasteiger partial charge < -0.3 is 27.0 Å². The number of hydrogen-bond acceptors (Lipinski definition) is 8. The van der Waals surface area contributed by atoms with Gasteiger partial charge in [0, 0.05) is 40.8 Å². The molecule has 270 valence electrons. The largest absolute Gasteiger partial charge is 0.349 e. The van der Waals surface area contributed by atoms with Crippen LogP contribution in [0.1, 0.15) is 60.0 Å². The maximum absolute atomic E-state index is 15.8. The number of aryl methyl sites for hydroxylation is 1. The second kappa shape index (κ2) is 17.5. The Morgan fingerprint density at radius 3 is 2.31 bits per heavy atom. The zero-order chi connectivity index (χ0) is 35.0. The van der Waals surface area contributed by atoms with Gasteiger partial charge in [-0.05, 0) is 135 Å². The zero-order valence-corrected chi connectivity index (χ0v) is 29.4. The van der Waals surface area contributed by atoms with Gasteiger partial charge in [-0.1, -0.05) is 18.2 Å². The van der Waals surface area contributed by atoms with Crippen LogP contribution in [0, 0.1) is 24.6 Å². The Hall–Kier alpha value is -4.72. The molecule has 7 N–H and O–H groups in total. The molecule has 2 heterocycles. The average Bonchev–Trinajstić information content (AvgIpc) is 3.68. The molecule has 1 aromatic heterocycles. The van der Waals surface area contributed by atoms with Crippen molar-refractivity contribution in [2.45, 2.75) is 64.0 Å². The molecule has 3 aromatic carbocycles. The first-order valence-electron chi connectivity index (χ1n) is 17.3. The number of nitrogens with one attached hydrogen (secondary N) is 5. The van der Waals surface area contributed by atoms with Crippen molar-refractivity contribution in [2.75, 3.05) is 25.0 Å². The summed E-state index contributed by atoms with van der Waals surface area (Å²) in [7, 11) is 0. The normalized spacial score (nSPS) is 18.3. The number of nitrogens with two attached hydrogens (primary N) is 1. The Labute approximate surface area is 302 Å². The van der Waals surface area contributed by atoms with E-state index in [1.54, 1.807) is 54.6 Å². The third kappa shape index (κ3) is 9.54. The van der Waals surface area contributed by atoms with Crippen LogP contribution >= 0.6 is 12.4 Å². The van der Waals surface area contributed by atoms with E-state index in [0.717, 1.165) is 49.9 Å². The Balaban J connectivity index is 0.00000504. The van der Waals surface area contributed by atoms with E-state index in [9.17, 15) is 14.4 Å². The van der Waals surface area contributed by atoms with Crippen LogP contribution in [-0.2, 0) is 16.0 Å². The van der Waals surface area contributed by atoms with E-state index < -0.39 is 17.8 Å². The quantitative estimate of drug-likeness (QED) is 0.133. The maximum atomic E-state index is 15.8. The number of rotatable bonds is 11. The number of hydrogen-bond donors (Lipinski definition) is 6. The summed E-state index contributed by atoms with van der Waals surface area (Å²) < 4.78 is 15.8. The number of amides is 3. The van der Waals surface area contributed by atoms with Gasteiger partial charge in [-0.25, -0.2) is 4.39 Å². The highest BCUT2D eigenvalue weighted by molar-refractivity contribution is 5.98. The number of tetrazole rings is 1. The van der Waals surface area contributed by atoms with Crippen molar-refractivity contribution in [3.63, 3.8) is 0 Å². The fourth-order valence-electron chi connectivity index (χ4n) is 6.86. The Bertz CT molecular complexity index is 1790. The van der Waals surface area contributed by atoms with Gasteiger partial charge in [0.05, 0.1) is 0 Å². The van der Waals surface area contributed by atoms with Crippen molar-refractivity contribution in [1.82, 2.24) is 36.6 Å². The molecule has 14 heteroatoms. The van der Waals surface area contributed by atoms with E-state index in [1.807, 2.05) is 6.92 Å². The molecule has 1 saturated heterocycles. The second-order valence-corrected chi connectivity index (χ2v) is 13.4. The van der Waals surface area contributed by atoms with Crippen LogP contribution in [0.4, 0.5) is 10.1 Å². The summed E-state index contributed by atoms with van der Waals surface area (Å²) in [6.45, 7) is 4.21. The number of anilines is 1. The van der Waals surface area contributed by atoms with Gasteiger partial charge in [0.15, 0.2) is 0 Å². The lowest BCUT2D eigenvalue weighted by Crippen LogP contribution is -2.48. The number of halogens is 2. The molecule has 51 heavy (non-hydrogen) atoms. The summed E-state index contributed by atoms with van der Waals surface area (Å²) in [5.41, 5.74) is 10.0. The Morgan fingerprint density at radius 2 is 1.67 bits per heavy atom. The summed E-state index contributed by atoms with van der Waals surface area (Å²) in [6.07, 6.45) is 5.02. The molecule has 0 radical (unpaired) electrons. The first kappa shape index (κ1) is 37.5. The van der Waals surface area contributed by atoms with E-state index in [1.165, 1.54) is 6.07 Å². The number of benzene rings is 3. The number of carbonyl (C=O) groups is 3. The summed E-state index contributed by atoms with van der Waals surface area (Å²) in [5, 5.41) is 26.2. The minimum atomic E-state index is -0.948. The van der Waals surface area contributed by atoms with Gasteiger partial charge in [0.1, 0.15) is 11.9 Å². The molecule has 4 aromatic rings. The summed E-state index contributed by atoms with van der Waals surface area (Å²) >= 11 is 0.